The van der Waals surface area contributed by atoms with Crippen molar-refractivity contribution in [3.8, 4) is 5.75 Å². The van der Waals surface area contributed by atoms with Crippen molar-refractivity contribution in [3.63, 3.8) is 0 Å². The molecule has 0 atom stereocenters. The molecule has 10 heteroatoms. The van der Waals surface area contributed by atoms with Crippen molar-refractivity contribution >= 4 is 45.6 Å². The third kappa shape index (κ3) is 4.47. The minimum atomic E-state index is -0.548. The van der Waals surface area contributed by atoms with Gasteiger partial charge in [-0.3, -0.25) is 9.69 Å². The van der Waals surface area contributed by atoms with E-state index in [0.29, 0.717) is 29.0 Å². The van der Waals surface area contributed by atoms with Gasteiger partial charge in [-0.15, -0.1) is 0 Å². The van der Waals surface area contributed by atoms with Crippen LogP contribution in [0.3, 0.4) is 0 Å². The number of hydrogen-bond acceptors (Lipinski definition) is 7. The molecule has 0 spiro atoms. The fourth-order valence-electron chi connectivity index (χ4n) is 3.49. The molecule has 8 nitrogen and oxygen atoms in total. The smallest absolute Gasteiger partial charge is 0.233 e. The number of nitrogens with zero attached hydrogens (tertiary/aromatic N) is 3. The van der Waals surface area contributed by atoms with Crippen molar-refractivity contribution in [1.29, 1.82) is 0 Å². The predicted molar refractivity (Wildman–Crippen MR) is 119 cm³/mol. The van der Waals surface area contributed by atoms with Gasteiger partial charge >= 0.3 is 0 Å². The molecule has 0 aliphatic carbocycles. The Balaban J connectivity index is 1.59. The number of hydrogen-bond donors (Lipinski definition) is 3. The number of likely N-dealkylation sites (N-methyl/N-ethyl adjacent to an activating group) is 1. The van der Waals surface area contributed by atoms with Gasteiger partial charge in [0.15, 0.2) is 5.82 Å². The van der Waals surface area contributed by atoms with Crippen molar-refractivity contribution in [2.75, 3.05) is 44.4 Å². The first kappa shape index (κ1) is 21.1. The van der Waals surface area contributed by atoms with Crippen molar-refractivity contribution in [3.05, 3.63) is 47.5 Å². The highest BCUT2D eigenvalue weighted by molar-refractivity contribution is 6.31. The lowest BCUT2D eigenvalue weighted by atomic mass is 10.1. The molecular weight excluding hydrogens is 423 g/mol. The molecule has 2 aromatic carbocycles. The number of ether oxygens (including phenoxy) is 1. The highest BCUT2D eigenvalue weighted by Crippen LogP contribution is 2.35. The van der Waals surface area contributed by atoms with E-state index in [1.165, 1.54) is 12.4 Å². The number of carbonyl (C=O) groups excluding carboxylic acids is 1. The molecule has 3 aromatic rings. The Bertz CT molecular complexity index is 1120. The standard InChI is InChI=1S/C21H22ClFN6O2/c1-24-19(30)10-29-8-12(9-29)27-17-6-13-16(7-18(17)31-2)25-11-26-21(13)28-15-5-3-4-14(22)20(15)23/h3-7,11-12,27H,8-10H2,1-2H3,(H,24,30)(H,25,26,28). The third-order valence-electron chi connectivity index (χ3n) is 5.12. The first-order chi connectivity index (χ1) is 15.0. The molecule has 1 aliphatic heterocycles. The molecule has 1 aliphatic rings. The summed E-state index contributed by atoms with van der Waals surface area (Å²) in [4.78, 5) is 22.1. The summed E-state index contributed by atoms with van der Waals surface area (Å²) >= 11 is 5.89. The normalized spacial score (nSPS) is 14.2. The Kier molecular flexibility index (Phi) is 6.06. The molecule has 1 aromatic heterocycles. The predicted octanol–water partition coefficient (Wildman–Crippen LogP) is 3.02. The lowest BCUT2D eigenvalue weighted by Crippen LogP contribution is -2.57. The largest absolute Gasteiger partial charge is 0.495 e. The van der Waals surface area contributed by atoms with E-state index in [2.05, 4.69) is 25.9 Å². The fraction of sp³-hybridized carbons (Fsp3) is 0.286. The molecular formula is C21H22ClFN6O2. The van der Waals surface area contributed by atoms with Crippen molar-refractivity contribution in [1.82, 2.24) is 20.2 Å². The number of aromatic nitrogens is 2. The van der Waals surface area contributed by atoms with Gasteiger partial charge in [0.2, 0.25) is 5.91 Å². The van der Waals surface area contributed by atoms with Crippen molar-refractivity contribution in [2.24, 2.45) is 0 Å². The maximum absolute atomic E-state index is 14.4. The number of nitrogens with one attached hydrogen (secondary N) is 3. The summed E-state index contributed by atoms with van der Waals surface area (Å²) in [6.45, 7) is 1.84. The van der Waals surface area contributed by atoms with Crippen LogP contribution in [-0.2, 0) is 4.79 Å². The first-order valence-corrected chi connectivity index (χ1v) is 10.1. The number of rotatable bonds is 7. The van der Waals surface area contributed by atoms with Crippen LogP contribution in [0.1, 0.15) is 0 Å². The van der Waals surface area contributed by atoms with Gasteiger partial charge in [-0.05, 0) is 18.2 Å². The Morgan fingerprint density at radius 2 is 2.10 bits per heavy atom. The molecule has 31 heavy (non-hydrogen) atoms. The average molecular weight is 445 g/mol. The minimum Gasteiger partial charge on any atom is -0.495 e. The van der Waals surface area contributed by atoms with Gasteiger partial charge in [0.1, 0.15) is 17.9 Å². The number of anilines is 3. The Labute approximate surface area is 183 Å². The highest BCUT2D eigenvalue weighted by Gasteiger charge is 2.28. The summed E-state index contributed by atoms with van der Waals surface area (Å²) in [5.74, 6) is 0.527. The van der Waals surface area contributed by atoms with Crippen LogP contribution in [0.15, 0.2) is 36.7 Å². The maximum Gasteiger partial charge on any atom is 0.233 e. The first-order valence-electron chi connectivity index (χ1n) is 9.71. The number of carbonyl (C=O) groups is 1. The van der Waals surface area contributed by atoms with Crippen LogP contribution in [0.2, 0.25) is 5.02 Å². The van der Waals surface area contributed by atoms with Crippen LogP contribution in [0, 0.1) is 5.82 Å². The molecule has 0 bridgehead atoms. The van der Waals surface area contributed by atoms with E-state index in [1.807, 2.05) is 11.0 Å². The van der Waals surface area contributed by atoms with Gasteiger partial charge in [0.25, 0.3) is 0 Å². The number of fused-ring (bicyclic) bond motifs is 1. The molecule has 2 heterocycles. The summed E-state index contributed by atoms with van der Waals surface area (Å²) in [5, 5.41) is 9.80. The van der Waals surface area contributed by atoms with Gasteiger partial charge in [0, 0.05) is 31.6 Å². The quantitative estimate of drug-likeness (QED) is 0.516. The molecule has 0 radical (unpaired) electrons. The Morgan fingerprint density at radius 3 is 2.84 bits per heavy atom. The van der Waals surface area contributed by atoms with Crippen molar-refractivity contribution in [2.45, 2.75) is 6.04 Å². The molecule has 1 saturated heterocycles. The molecule has 0 saturated carbocycles. The molecule has 4 rings (SSSR count). The zero-order valence-electron chi connectivity index (χ0n) is 17.1. The summed E-state index contributed by atoms with van der Waals surface area (Å²) in [7, 11) is 3.22. The van der Waals surface area contributed by atoms with Gasteiger partial charge < -0.3 is 20.7 Å². The molecule has 3 N–H and O–H groups in total. The third-order valence-corrected chi connectivity index (χ3v) is 5.42. The van der Waals surface area contributed by atoms with E-state index < -0.39 is 5.82 Å². The molecule has 1 amide bonds. The number of benzene rings is 2. The van der Waals surface area contributed by atoms with E-state index in [-0.39, 0.29) is 22.7 Å². The summed E-state index contributed by atoms with van der Waals surface area (Å²) < 4.78 is 19.9. The SMILES string of the molecule is CNC(=O)CN1CC(Nc2cc3c(Nc4cccc(Cl)c4F)ncnc3cc2OC)C1. The number of amides is 1. The summed E-state index contributed by atoms with van der Waals surface area (Å²) in [6.07, 6.45) is 1.41. The fourth-order valence-corrected chi connectivity index (χ4v) is 3.66. The second-order valence-corrected chi connectivity index (χ2v) is 7.63. The maximum atomic E-state index is 14.4. The van der Waals surface area contributed by atoms with Crippen molar-refractivity contribution < 1.29 is 13.9 Å². The average Bonchev–Trinajstić information content (AvgIpc) is 2.75. The highest BCUT2D eigenvalue weighted by atomic mass is 35.5. The van der Waals surface area contributed by atoms with Crippen LogP contribution in [-0.4, -0.2) is 60.6 Å². The summed E-state index contributed by atoms with van der Waals surface area (Å²) in [5.41, 5.74) is 1.64. The number of likely N-dealkylation sites (tertiary alicyclic amines) is 1. The van der Waals surface area contributed by atoms with Crippen LogP contribution in [0.4, 0.5) is 21.6 Å². The van der Waals surface area contributed by atoms with Crippen LogP contribution in [0.25, 0.3) is 10.9 Å². The Morgan fingerprint density at radius 1 is 1.29 bits per heavy atom. The van der Waals surface area contributed by atoms with E-state index in [0.717, 1.165) is 18.8 Å². The lowest BCUT2D eigenvalue weighted by Gasteiger charge is -2.39. The van der Waals surface area contributed by atoms with Crippen LogP contribution < -0.4 is 20.7 Å². The van der Waals surface area contributed by atoms with Gasteiger partial charge in [-0.25, -0.2) is 14.4 Å². The van der Waals surface area contributed by atoms with E-state index >= 15 is 0 Å². The van der Waals surface area contributed by atoms with E-state index in [1.54, 1.807) is 32.4 Å². The van der Waals surface area contributed by atoms with Gasteiger partial charge in [0.05, 0.1) is 41.6 Å². The minimum absolute atomic E-state index is 0.0113. The number of halogens is 2. The molecule has 0 unspecified atom stereocenters. The summed E-state index contributed by atoms with van der Waals surface area (Å²) in [6, 6.07) is 8.59. The zero-order valence-corrected chi connectivity index (χ0v) is 17.8. The Hall–Kier alpha value is -3.17. The van der Waals surface area contributed by atoms with Gasteiger partial charge in [-0.1, -0.05) is 17.7 Å². The molecule has 1 fully saturated rings. The van der Waals surface area contributed by atoms with Gasteiger partial charge in [-0.2, -0.15) is 0 Å². The monoisotopic (exact) mass is 444 g/mol. The van der Waals surface area contributed by atoms with E-state index in [9.17, 15) is 9.18 Å². The van der Waals surface area contributed by atoms with Crippen LogP contribution >= 0.6 is 11.6 Å². The second kappa shape index (κ2) is 8.91. The van der Waals surface area contributed by atoms with E-state index in [4.69, 9.17) is 16.3 Å². The lowest BCUT2D eigenvalue weighted by molar-refractivity contribution is -0.122. The zero-order chi connectivity index (χ0) is 22.0. The van der Waals surface area contributed by atoms with Crippen LogP contribution in [0.5, 0.6) is 5.75 Å². The topological polar surface area (TPSA) is 91.4 Å². The molecule has 162 valence electrons. The number of methoxy groups -OCH3 is 1. The second-order valence-electron chi connectivity index (χ2n) is 7.23.